The third-order valence-electron chi connectivity index (χ3n) is 11.4. The van der Waals surface area contributed by atoms with Crippen molar-refractivity contribution in [2.24, 2.45) is 0 Å². The Morgan fingerprint density at radius 1 is 0.476 bits per heavy atom. The van der Waals surface area contributed by atoms with Crippen LogP contribution in [0.3, 0.4) is 0 Å². The van der Waals surface area contributed by atoms with Crippen LogP contribution in [0, 0.1) is 0 Å². The highest BCUT2D eigenvalue weighted by atomic mass is 16.5. The second-order valence-corrected chi connectivity index (χ2v) is 17.6. The number of unbranched alkanes of at least 4 members (excludes halogenated alkanes) is 21. The first-order chi connectivity index (χ1) is 31.0. The zero-order chi connectivity index (χ0) is 45.9. The molecule has 3 unspecified atom stereocenters. The third-order valence-corrected chi connectivity index (χ3v) is 11.4. The van der Waals surface area contributed by atoms with Gasteiger partial charge in [-0.3, -0.25) is 9.59 Å². The van der Waals surface area contributed by atoms with Crippen molar-refractivity contribution >= 4 is 11.9 Å². The fraction of sp³-hybridized carbons (Fsp3) is 0.719. The molecule has 0 fully saturated rings. The number of ether oxygens (including phenoxy) is 1. The maximum Gasteiger partial charge on any atom is 0.306 e. The molecule has 0 aliphatic rings. The first kappa shape index (κ1) is 60.0. The van der Waals surface area contributed by atoms with Gasteiger partial charge in [-0.2, -0.15) is 0 Å². The van der Waals surface area contributed by atoms with Gasteiger partial charge in [0.1, 0.15) is 6.10 Å². The van der Waals surface area contributed by atoms with Gasteiger partial charge in [0.15, 0.2) is 0 Å². The summed E-state index contributed by atoms with van der Waals surface area (Å²) in [7, 11) is 0. The van der Waals surface area contributed by atoms with Crippen LogP contribution >= 0.6 is 0 Å². The summed E-state index contributed by atoms with van der Waals surface area (Å²) in [6.07, 6.45) is 65.1. The highest BCUT2D eigenvalue weighted by Gasteiger charge is 2.23. The molecule has 6 heteroatoms. The normalized spacial score (nSPS) is 13.9. The van der Waals surface area contributed by atoms with Crippen molar-refractivity contribution in [2.75, 3.05) is 6.61 Å². The smallest absolute Gasteiger partial charge is 0.306 e. The van der Waals surface area contributed by atoms with E-state index in [9.17, 15) is 19.8 Å². The average molecular weight is 878 g/mol. The SMILES string of the molecule is CCCCC/C=C\C/C=C\C/C=C\C/C=C\CC(CC(=O)NC(CO)C(O)CCCCCCCCCCCCCC)OC(=O)CCCCCC/C=C\C/C=C\C/C=C\CCCCC. The molecule has 3 atom stereocenters. The molecule has 0 spiro atoms. The van der Waals surface area contributed by atoms with Crippen LogP contribution in [0.1, 0.15) is 239 Å². The van der Waals surface area contributed by atoms with E-state index in [2.05, 4.69) is 99.0 Å². The molecule has 0 saturated carbocycles. The Labute approximate surface area is 389 Å². The van der Waals surface area contributed by atoms with Crippen molar-refractivity contribution in [3.05, 3.63) is 85.1 Å². The van der Waals surface area contributed by atoms with Crippen LogP contribution < -0.4 is 5.32 Å². The number of carbonyl (C=O) groups excluding carboxylic acids is 2. The van der Waals surface area contributed by atoms with Crippen molar-refractivity contribution in [2.45, 2.75) is 257 Å². The molecule has 0 aromatic heterocycles. The van der Waals surface area contributed by atoms with Crippen molar-refractivity contribution in [1.82, 2.24) is 5.32 Å². The molecule has 63 heavy (non-hydrogen) atoms. The number of hydrogen-bond donors (Lipinski definition) is 3. The molecule has 0 heterocycles. The molecule has 362 valence electrons. The van der Waals surface area contributed by atoms with Crippen LogP contribution in [0.15, 0.2) is 85.1 Å². The van der Waals surface area contributed by atoms with E-state index >= 15 is 0 Å². The van der Waals surface area contributed by atoms with Gasteiger partial charge in [0.2, 0.25) is 5.91 Å². The number of rotatable bonds is 46. The Morgan fingerprint density at radius 3 is 1.30 bits per heavy atom. The van der Waals surface area contributed by atoms with Crippen LogP contribution in [-0.2, 0) is 14.3 Å². The molecule has 1 amide bonds. The lowest BCUT2D eigenvalue weighted by Crippen LogP contribution is -2.46. The lowest BCUT2D eigenvalue weighted by atomic mass is 10.0. The van der Waals surface area contributed by atoms with Gasteiger partial charge in [-0.1, -0.05) is 221 Å². The summed E-state index contributed by atoms with van der Waals surface area (Å²) in [6.45, 7) is 6.39. The minimum absolute atomic E-state index is 0.0111. The minimum atomic E-state index is -0.818. The molecule has 0 aromatic carbocycles. The fourth-order valence-electron chi connectivity index (χ4n) is 7.42. The Kier molecular flexibility index (Phi) is 47.7. The molecule has 3 N–H and O–H groups in total. The van der Waals surface area contributed by atoms with E-state index < -0.39 is 18.2 Å². The van der Waals surface area contributed by atoms with E-state index in [4.69, 9.17) is 4.74 Å². The Balaban J connectivity index is 4.76. The Hall–Kier alpha value is -2.96. The topological polar surface area (TPSA) is 95.9 Å². The van der Waals surface area contributed by atoms with Crippen LogP contribution in [0.5, 0.6) is 0 Å². The van der Waals surface area contributed by atoms with E-state index in [1.807, 2.05) is 12.2 Å². The largest absolute Gasteiger partial charge is 0.461 e. The molecule has 0 saturated heterocycles. The van der Waals surface area contributed by atoms with Gasteiger partial charge in [-0.05, 0) is 83.5 Å². The summed E-state index contributed by atoms with van der Waals surface area (Å²) in [5.74, 6) is -0.605. The second-order valence-electron chi connectivity index (χ2n) is 17.6. The molecular formula is C57H99NO5. The third kappa shape index (κ3) is 45.4. The van der Waals surface area contributed by atoms with Gasteiger partial charge in [-0.25, -0.2) is 0 Å². The molecule has 0 aliphatic heterocycles. The quantitative estimate of drug-likeness (QED) is 0.0322. The van der Waals surface area contributed by atoms with Gasteiger partial charge in [-0.15, -0.1) is 0 Å². The predicted octanol–water partition coefficient (Wildman–Crippen LogP) is 16.0. The van der Waals surface area contributed by atoms with Crippen LogP contribution in [0.4, 0.5) is 0 Å². The zero-order valence-corrected chi connectivity index (χ0v) is 41.2. The second kappa shape index (κ2) is 50.0. The number of esters is 1. The van der Waals surface area contributed by atoms with Crippen LogP contribution in [0.2, 0.25) is 0 Å². The molecule has 0 aliphatic carbocycles. The highest BCUT2D eigenvalue weighted by molar-refractivity contribution is 5.77. The number of hydrogen-bond acceptors (Lipinski definition) is 5. The Morgan fingerprint density at radius 2 is 0.841 bits per heavy atom. The number of allylic oxidation sites excluding steroid dienone is 13. The lowest BCUT2D eigenvalue weighted by Gasteiger charge is -2.24. The van der Waals surface area contributed by atoms with Gasteiger partial charge in [0.05, 0.1) is 25.2 Å². The number of aliphatic hydroxyl groups excluding tert-OH is 2. The van der Waals surface area contributed by atoms with Crippen LogP contribution in [-0.4, -0.2) is 46.9 Å². The van der Waals surface area contributed by atoms with E-state index in [-0.39, 0.29) is 24.9 Å². The first-order valence-electron chi connectivity index (χ1n) is 26.3. The summed E-state index contributed by atoms with van der Waals surface area (Å²) < 4.78 is 5.86. The molecule has 0 radical (unpaired) electrons. The monoisotopic (exact) mass is 878 g/mol. The van der Waals surface area contributed by atoms with Crippen molar-refractivity contribution in [1.29, 1.82) is 0 Å². The molecule has 6 nitrogen and oxygen atoms in total. The fourth-order valence-corrected chi connectivity index (χ4v) is 7.42. The summed E-state index contributed by atoms with van der Waals surface area (Å²) >= 11 is 0. The number of amides is 1. The van der Waals surface area contributed by atoms with Crippen molar-refractivity contribution in [3.63, 3.8) is 0 Å². The summed E-state index contributed by atoms with van der Waals surface area (Å²) in [6, 6.07) is -0.739. The van der Waals surface area contributed by atoms with Gasteiger partial charge in [0.25, 0.3) is 0 Å². The highest BCUT2D eigenvalue weighted by Crippen LogP contribution is 2.16. The average Bonchev–Trinajstić information content (AvgIpc) is 3.28. The standard InChI is InChI=1S/C57H99NO5/c1-4-7-10-13-16-19-22-25-27-28-30-32-35-38-41-44-47-50-57(62)63-53(48-45-42-39-36-33-31-29-26-23-20-17-14-11-8-5-2)51-56(61)58-54(52-59)55(60)49-46-43-40-37-34-24-21-18-15-12-9-6-3/h16-17,19-20,25-27,29-30,32-33,36,42,45,53-55,59-60H,4-15,18,21-24,28,31,34-35,37-41,43-44,46-52H2,1-3H3,(H,58,61)/b19-16-,20-17-,27-25-,29-26-,32-30-,36-33-,45-42-. The van der Waals surface area contributed by atoms with E-state index in [0.29, 0.717) is 19.3 Å². The predicted molar refractivity (Wildman–Crippen MR) is 273 cm³/mol. The molecular weight excluding hydrogens is 779 g/mol. The van der Waals surface area contributed by atoms with Gasteiger partial charge in [0, 0.05) is 12.8 Å². The molecule has 0 aromatic rings. The maximum absolute atomic E-state index is 13.2. The maximum atomic E-state index is 13.2. The Bertz CT molecular complexity index is 1210. The summed E-state index contributed by atoms with van der Waals surface area (Å²) in [5, 5.41) is 23.7. The van der Waals surface area contributed by atoms with Crippen molar-refractivity contribution in [3.8, 4) is 0 Å². The molecule has 0 rings (SSSR count). The summed E-state index contributed by atoms with van der Waals surface area (Å²) in [5.41, 5.74) is 0. The van der Waals surface area contributed by atoms with Crippen molar-refractivity contribution < 1.29 is 24.5 Å². The van der Waals surface area contributed by atoms with E-state index in [1.54, 1.807) is 0 Å². The van der Waals surface area contributed by atoms with Gasteiger partial charge < -0.3 is 20.3 Å². The number of aliphatic hydroxyl groups is 2. The van der Waals surface area contributed by atoms with E-state index in [1.165, 1.54) is 109 Å². The lowest BCUT2D eigenvalue weighted by molar-refractivity contribution is -0.150. The van der Waals surface area contributed by atoms with Crippen LogP contribution in [0.25, 0.3) is 0 Å². The minimum Gasteiger partial charge on any atom is -0.461 e. The number of nitrogens with one attached hydrogen (secondary N) is 1. The number of carbonyl (C=O) groups is 2. The first-order valence-corrected chi connectivity index (χ1v) is 26.3. The van der Waals surface area contributed by atoms with E-state index in [0.717, 1.165) is 83.5 Å². The zero-order valence-electron chi connectivity index (χ0n) is 41.2. The molecule has 0 bridgehead atoms. The van der Waals surface area contributed by atoms with Gasteiger partial charge >= 0.3 is 5.97 Å². The summed E-state index contributed by atoms with van der Waals surface area (Å²) in [4.78, 5) is 26.1.